The molecule has 1 aromatic carbocycles. The van der Waals surface area contributed by atoms with E-state index in [0.29, 0.717) is 16.3 Å². The van der Waals surface area contributed by atoms with Gasteiger partial charge < -0.3 is 15.3 Å². The molecule has 0 saturated carbocycles. The molecule has 2 rings (SSSR count). The normalized spacial score (nSPS) is 10.7. The predicted octanol–water partition coefficient (Wildman–Crippen LogP) is 1.65. The summed E-state index contributed by atoms with van der Waals surface area (Å²) in [6, 6.07) is 7.86. The number of carboxylic acid groups (broad SMARTS) is 1. The largest absolute Gasteiger partial charge is 0.480 e. The van der Waals surface area contributed by atoms with Crippen molar-refractivity contribution in [2.45, 2.75) is 0 Å². The number of nitrogens with zero attached hydrogens (tertiary/aromatic N) is 3. The number of amides is 2. The van der Waals surface area contributed by atoms with E-state index in [9.17, 15) is 19.7 Å². The van der Waals surface area contributed by atoms with Gasteiger partial charge in [-0.05, 0) is 24.3 Å². The number of carbonyl (C=O) groups is 2. The summed E-state index contributed by atoms with van der Waals surface area (Å²) in [5.74, 6) is -0.591. The Kier molecular flexibility index (Phi) is 4.90. The maximum atomic E-state index is 11.1. The fourth-order valence-corrected chi connectivity index (χ4v) is 1.76. The lowest BCUT2D eigenvalue weighted by molar-refractivity contribution is -0.384. The van der Waals surface area contributed by atoms with Crippen LogP contribution >= 0.6 is 0 Å². The monoisotopic (exact) mass is 332 g/mol. The molecule has 10 heteroatoms. The molecule has 0 saturated heterocycles. The number of urea groups is 1. The van der Waals surface area contributed by atoms with E-state index in [1.165, 1.54) is 24.3 Å². The molecule has 10 nitrogen and oxygen atoms in total. The zero-order chi connectivity index (χ0) is 17.7. The first-order valence-electron chi connectivity index (χ1n) is 6.54. The standard InChI is InChI=1S/C14H12N4O6/c15-14(21)17(8-13(19)20)16-7-11-5-6-12(24-11)9-1-3-10(4-2-9)18(22)23/h1-7H,8H2,(H2,15,21)(H,19,20). The summed E-state index contributed by atoms with van der Waals surface area (Å²) in [6.07, 6.45) is 1.14. The average molecular weight is 332 g/mol. The fourth-order valence-electron chi connectivity index (χ4n) is 1.76. The van der Waals surface area contributed by atoms with Crippen molar-refractivity contribution in [2.75, 3.05) is 6.54 Å². The van der Waals surface area contributed by atoms with Crippen LogP contribution in [0.1, 0.15) is 5.76 Å². The summed E-state index contributed by atoms with van der Waals surface area (Å²) in [5, 5.41) is 23.5. The van der Waals surface area contributed by atoms with Crippen LogP contribution in [-0.4, -0.2) is 39.8 Å². The van der Waals surface area contributed by atoms with Gasteiger partial charge in [0, 0.05) is 17.7 Å². The third-order valence-electron chi connectivity index (χ3n) is 2.85. The van der Waals surface area contributed by atoms with Crippen molar-refractivity contribution in [1.82, 2.24) is 5.01 Å². The highest BCUT2D eigenvalue weighted by Crippen LogP contribution is 2.24. The van der Waals surface area contributed by atoms with Crippen molar-refractivity contribution in [3.05, 3.63) is 52.3 Å². The quantitative estimate of drug-likeness (QED) is 0.466. The number of benzene rings is 1. The van der Waals surface area contributed by atoms with E-state index in [2.05, 4.69) is 5.10 Å². The summed E-state index contributed by atoms with van der Waals surface area (Å²) in [6.45, 7) is -0.679. The summed E-state index contributed by atoms with van der Waals surface area (Å²) in [4.78, 5) is 31.8. The molecule has 2 amide bonds. The number of nitro benzene ring substituents is 1. The lowest BCUT2D eigenvalue weighted by atomic mass is 10.1. The van der Waals surface area contributed by atoms with Crippen LogP contribution in [0, 0.1) is 10.1 Å². The Balaban J connectivity index is 2.15. The second-order valence-electron chi connectivity index (χ2n) is 4.54. The maximum Gasteiger partial charge on any atom is 0.335 e. The number of hydrogen-bond donors (Lipinski definition) is 2. The molecule has 1 aromatic heterocycles. The first kappa shape index (κ1) is 16.7. The molecule has 2 aromatic rings. The van der Waals surface area contributed by atoms with E-state index in [1.54, 1.807) is 12.1 Å². The Labute approximate surface area is 134 Å². The van der Waals surface area contributed by atoms with Gasteiger partial charge >= 0.3 is 12.0 Å². The highest BCUT2D eigenvalue weighted by molar-refractivity contribution is 5.82. The van der Waals surface area contributed by atoms with E-state index in [-0.39, 0.29) is 11.4 Å². The molecule has 24 heavy (non-hydrogen) atoms. The average Bonchev–Trinajstić information content (AvgIpc) is 2.99. The van der Waals surface area contributed by atoms with Gasteiger partial charge in [-0.15, -0.1) is 0 Å². The van der Waals surface area contributed by atoms with Crippen molar-refractivity contribution in [1.29, 1.82) is 0 Å². The molecule has 0 radical (unpaired) electrons. The van der Waals surface area contributed by atoms with Crippen molar-refractivity contribution in [2.24, 2.45) is 10.8 Å². The smallest absolute Gasteiger partial charge is 0.335 e. The van der Waals surface area contributed by atoms with Gasteiger partial charge in [-0.3, -0.25) is 14.9 Å². The lowest BCUT2D eigenvalue weighted by Gasteiger charge is -2.10. The number of non-ortho nitro benzene ring substituents is 1. The first-order chi connectivity index (χ1) is 11.4. The van der Waals surface area contributed by atoms with Crippen LogP contribution in [0.25, 0.3) is 11.3 Å². The summed E-state index contributed by atoms with van der Waals surface area (Å²) >= 11 is 0. The molecule has 0 atom stereocenters. The molecule has 0 aliphatic rings. The van der Waals surface area contributed by atoms with Crippen LogP contribution in [0.15, 0.2) is 45.9 Å². The SMILES string of the molecule is NC(=O)N(CC(=O)O)N=Cc1ccc(-c2ccc([N+](=O)[O-])cc2)o1. The molecule has 0 spiro atoms. The highest BCUT2D eigenvalue weighted by Gasteiger charge is 2.12. The molecule has 0 aliphatic heterocycles. The lowest BCUT2D eigenvalue weighted by Crippen LogP contribution is -2.35. The fraction of sp³-hybridized carbons (Fsp3) is 0.0714. The number of furan rings is 1. The second kappa shape index (κ2) is 7.05. The van der Waals surface area contributed by atoms with Crippen molar-refractivity contribution in [3.8, 4) is 11.3 Å². The first-order valence-corrected chi connectivity index (χ1v) is 6.54. The molecular formula is C14H12N4O6. The Morgan fingerprint density at radius 3 is 2.50 bits per heavy atom. The topological polar surface area (TPSA) is 152 Å². The summed E-state index contributed by atoms with van der Waals surface area (Å²) < 4.78 is 5.46. The Bertz CT molecular complexity index is 796. The van der Waals surface area contributed by atoms with E-state index < -0.39 is 23.5 Å². The Morgan fingerprint density at radius 2 is 1.96 bits per heavy atom. The van der Waals surface area contributed by atoms with E-state index in [4.69, 9.17) is 15.3 Å². The van der Waals surface area contributed by atoms with Crippen molar-refractivity contribution in [3.63, 3.8) is 0 Å². The zero-order valence-electron chi connectivity index (χ0n) is 12.2. The number of carboxylic acids is 1. The van der Waals surface area contributed by atoms with Gasteiger partial charge in [0.15, 0.2) is 0 Å². The molecule has 0 fully saturated rings. The third kappa shape index (κ3) is 4.16. The van der Waals surface area contributed by atoms with Gasteiger partial charge in [0.05, 0.1) is 11.1 Å². The number of carbonyl (C=O) groups excluding carboxylic acids is 1. The van der Waals surface area contributed by atoms with Gasteiger partial charge in [0.2, 0.25) is 0 Å². The molecular weight excluding hydrogens is 320 g/mol. The van der Waals surface area contributed by atoms with Crippen LogP contribution in [0.5, 0.6) is 0 Å². The molecule has 124 valence electrons. The third-order valence-corrected chi connectivity index (χ3v) is 2.85. The highest BCUT2D eigenvalue weighted by atomic mass is 16.6. The number of aliphatic carboxylic acids is 1. The second-order valence-corrected chi connectivity index (χ2v) is 4.54. The molecule has 3 N–H and O–H groups in total. The van der Waals surface area contributed by atoms with Gasteiger partial charge in [0.1, 0.15) is 18.1 Å². The molecule has 0 bridgehead atoms. The predicted molar refractivity (Wildman–Crippen MR) is 82.3 cm³/mol. The van der Waals surface area contributed by atoms with Crippen LogP contribution in [0.3, 0.4) is 0 Å². The van der Waals surface area contributed by atoms with Gasteiger partial charge in [-0.25, -0.2) is 9.80 Å². The number of rotatable bonds is 6. The van der Waals surface area contributed by atoms with Crippen molar-refractivity contribution >= 4 is 23.9 Å². The van der Waals surface area contributed by atoms with Gasteiger partial charge in [-0.1, -0.05) is 0 Å². The van der Waals surface area contributed by atoms with Crippen LogP contribution in [-0.2, 0) is 4.79 Å². The zero-order valence-corrected chi connectivity index (χ0v) is 12.2. The van der Waals surface area contributed by atoms with Gasteiger partial charge in [-0.2, -0.15) is 5.10 Å². The van der Waals surface area contributed by atoms with E-state index in [1.807, 2.05) is 0 Å². The maximum absolute atomic E-state index is 11.1. The summed E-state index contributed by atoms with van der Waals surface area (Å²) in [7, 11) is 0. The van der Waals surface area contributed by atoms with Gasteiger partial charge in [0.25, 0.3) is 5.69 Å². The van der Waals surface area contributed by atoms with Crippen molar-refractivity contribution < 1.29 is 24.0 Å². The Hall–Kier alpha value is -3.69. The molecule has 0 unspecified atom stereocenters. The molecule has 0 aliphatic carbocycles. The number of hydrazone groups is 1. The Morgan fingerprint density at radius 1 is 1.29 bits per heavy atom. The molecule has 1 heterocycles. The minimum Gasteiger partial charge on any atom is -0.480 e. The number of nitrogens with two attached hydrogens (primary N) is 1. The minimum atomic E-state index is -1.27. The van der Waals surface area contributed by atoms with E-state index >= 15 is 0 Å². The van der Waals surface area contributed by atoms with Crippen LogP contribution < -0.4 is 5.73 Å². The number of primary amides is 1. The number of hydrogen-bond acceptors (Lipinski definition) is 6. The summed E-state index contributed by atoms with van der Waals surface area (Å²) in [5.41, 5.74) is 5.57. The van der Waals surface area contributed by atoms with Crippen LogP contribution in [0.4, 0.5) is 10.5 Å². The number of nitro groups is 1. The van der Waals surface area contributed by atoms with E-state index in [0.717, 1.165) is 6.21 Å². The van der Waals surface area contributed by atoms with Crippen LogP contribution in [0.2, 0.25) is 0 Å². The minimum absolute atomic E-state index is 0.0436.